The van der Waals surface area contributed by atoms with Gasteiger partial charge in [-0.2, -0.15) is 0 Å². The largest absolute Gasteiger partial charge is 0.393 e. The van der Waals surface area contributed by atoms with E-state index in [0.29, 0.717) is 12.3 Å². The summed E-state index contributed by atoms with van der Waals surface area (Å²) in [5.41, 5.74) is 9.16. The minimum Gasteiger partial charge on any atom is -0.393 e. The van der Waals surface area contributed by atoms with Crippen molar-refractivity contribution >= 4 is 17.3 Å². The number of benzene rings is 1. The van der Waals surface area contributed by atoms with E-state index in [1.807, 2.05) is 19.1 Å². The van der Waals surface area contributed by atoms with Crippen molar-refractivity contribution in [1.82, 2.24) is 4.98 Å². The van der Waals surface area contributed by atoms with Crippen LogP contribution < -0.4 is 5.73 Å². The Bertz CT molecular complexity index is 1140. The number of pyridine rings is 1. The zero-order chi connectivity index (χ0) is 22.7. The van der Waals surface area contributed by atoms with Crippen molar-refractivity contribution in [3.05, 3.63) is 64.7 Å². The van der Waals surface area contributed by atoms with Crippen LogP contribution in [-0.4, -0.2) is 33.5 Å². The SMILES string of the molecule is CC1=N[C@]2(N=C1N)c1cc(CC(=O)c3ccc(F)cn3)ccc1C[C@]21CC[C@@H](O)[C@H](C)C1. The van der Waals surface area contributed by atoms with E-state index < -0.39 is 11.5 Å². The van der Waals surface area contributed by atoms with Gasteiger partial charge in [-0.1, -0.05) is 25.1 Å². The number of aliphatic hydroxyl groups is 1. The summed E-state index contributed by atoms with van der Waals surface area (Å²) in [4.78, 5) is 26.6. The van der Waals surface area contributed by atoms with Crippen LogP contribution in [0.25, 0.3) is 0 Å². The lowest BCUT2D eigenvalue weighted by atomic mass is 9.62. The average molecular weight is 435 g/mol. The first-order valence-electron chi connectivity index (χ1n) is 11.1. The second-order valence-electron chi connectivity index (χ2n) is 9.56. The Morgan fingerprint density at radius 3 is 2.75 bits per heavy atom. The van der Waals surface area contributed by atoms with E-state index >= 15 is 0 Å². The summed E-state index contributed by atoms with van der Waals surface area (Å²) >= 11 is 0. The number of aliphatic hydroxyl groups excluding tert-OH is 1. The van der Waals surface area contributed by atoms with Crippen LogP contribution in [0, 0.1) is 17.2 Å². The predicted octanol–water partition coefficient (Wildman–Crippen LogP) is 3.35. The predicted molar refractivity (Wildman–Crippen MR) is 120 cm³/mol. The van der Waals surface area contributed by atoms with Crippen LogP contribution in [0.4, 0.5) is 4.39 Å². The minimum atomic E-state index is -0.807. The number of carbonyl (C=O) groups is 1. The van der Waals surface area contributed by atoms with E-state index in [1.165, 1.54) is 17.7 Å². The molecule has 1 aromatic carbocycles. The molecule has 3 N–H and O–H groups in total. The Hall–Kier alpha value is -2.93. The smallest absolute Gasteiger partial charge is 0.185 e. The molecule has 7 heteroatoms. The molecule has 2 aromatic rings. The number of aromatic nitrogens is 1. The number of amidine groups is 1. The maximum absolute atomic E-state index is 13.2. The van der Waals surface area contributed by atoms with Crippen molar-refractivity contribution in [2.75, 3.05) is 0 Å². The van der Waals surface area contributed by atoms with Gasteiger partial charge in [-0.05, 0) is 61.8 Å². The van der Waals surface area contributed by atoms with Crippen LogP contribution >= 0.6 is 0 Å². The number of hydrogen-bond donors (Lipinski definition) is 2. The summed E-state index contributed by atoms with van der Waals surface area (Å²) < 4.78 is 13.2. The number of carbonyl (C=O) groups excluding carboxylic acids is 1. The number of fused-ring (bicyclic) bond motifs is 3. The lowest BCUT2D eigenvalue weighted by Gasteiger charge is -2.46. The van der Waals surface area contributed by atoms with Crippen molar-refractivity contribution in [2.24, 2.45) is 27.1 Å². The normalized spacial score (nSPS) is 31.0. The highest BCUT2D eigenvalue weighted by atomic mass is 19.1. The summed E-state index contributed by atoms with van der Waals surface area (Å²) in [5, 5.41) is 10.4. The Morgan fingerprint density at radius 1 is 1.28 bits per heavy atom. The minimum absolute atomic E-state index is 0.146. The molecule has 166 valence electrons. The van der Waals surface area contributed by atoms with Crippen molar-refractivity contribution in [1.29, 1.82) is 0 Å². The molecule has 0 radical (unpaired) electrons. The van der Waals surface area contributed by atoms with E-state index in [0.717, 1.165) is 42.3 Å². The fourth-order valence-corrected chi connectivity index (χ4v) is 5.78. The number of nitrogens with zero attached hydrogens (tertiary/aromatic N) is 3. The summed E-state index contributed by atoms with van der Waals surface area (Å²) in [7, 11) is 0. The van der Waals surface area contributed by atoms with Gasteiger partial charge in [0.2, 0.25) is 0 Å². The second-order valence-corrected chi connectivity index (χ2v) is 9.56. The zero-order valence-electron chi connectivity index (χ0n) is 18.3. The van der Waals surface area contributed by atoms with Gasteiger partial charge in [0, 0.05) is 17.4 Å². The van der Waals surface area contributed by atoms with Gasteiger partial charge in [-0.15, -0.1) is 0 Å². The first-order chi connectivity index (χ1) is 15.2. The van der Waals surface area contributed by atoms with Crippen LogP contribution in [0.1, 0.15) is 60.3 Å². The number of ketones is 1. The molecule has 0 amide bonds. The van der Waals surface area contributed by atoms with E-state index in [-0.39, 0.29) is 35.3 Å². The number of nitrogens with two attached hydrogens (primary N) is 1. The van der Waals surface area contributed by atoms with Gasteiger partial charge >= 0.3 is 0 Å². The maximum Gasteiger partial charge on any atom is 0.185 e. The van der Waals surface area contributed by atoms with Gasteiger partial charge in [0.25, 0.3) is 0 Å². The van der Waals surface area contributed by atoms with Crippen molar-refractivity contribution in [2.45, 2.75) is 57.7 Å². The van der Waals surface area contributed by atoms with Crippen molar-refractivity contribution < 1.29 is 14.3 Å². The third kappa shape index (κ3) is 3.10. The fourth-order valence-electron chi connectivity index (χ4n) is 5.78. The molecule has 2 aliphatic carbocycles. The second kappa shape index (κ2) is 7.30. The molecule has 2 spiro atoms. The van der Waals surface area contributed by atoms with Crippen molar-refractivity contribution in [3.8, 4) is 0 Å². The van der Waals surface area contributed by atoms with E-state index in [4.69, 9.17) is 15.7 Å². The summed E-state index contributed by atoms with van der Waals surface area (Å²) in [5.74, 6) is -0.0423. The van der Waals surface area contributed by atoms with E-state index in [9.17, 15) is 14.3 Å². The average Bonchev–Trinajstić information content (AvgIpc) is 3.19. The lowest BCUT2D eigenvalue weighted by molar-refractivity contribution is -0.0159. The topological polar surface area (TPSA) is 101 Å². The van der Waals surface area contributed by atoms with Gasteiger partial charge in [0.1, 0.15) is 17.3 Å². The molecule has 1 aromatic heterocycles. The van der Waals surface area contributed by atoms with E-state index in [1.54, 1.807) is 0 Å². The molecule has 0 unspecified atom stereocenters. The number of hydrogen-bond acceptors (Lipinski definition) is 6. The summed E-state index contributed by atoms with van der Waals surface area (Å²) in [6, 6.07) is 8.71. The molecule has 6 nitrogen and oxygen atoms in total. The first kappa shape index (κ1) is 20.9. The standard InChI is InChI=1S/C25H27FN4O2/c1-14-11-24(8-7-21(14)31)12-17-4-3-16(10-22(32)20-6-5-18(26)13-28-20)9-19(17)25(24)29-15(2)23(27)30-25/h3-6,9,13-14,21,31H,7-8,10-12H2,1-2H3,(H2,27,30)/t14-,21-,24-,25+/m1/s1. The van der Waals surface area contributed by atoms with Crippen LogP contribution in [0.3, 0.4) is 0 Å². The van der Waals surface area contributed by atoms with Gasteiger partial charge in [-0.25, -0.2) is 9.38 Å². The molecule has 0 bridgehead atoms. The number of halogens is 1. The number of rotatable bonds is 3. The molecule has 1 aliphatic heterocycles. The highest BCUT2D eigenvalue weighted by Gasteiger charge is 2.61. The lowest BCUT2D eigenvalue weighted by Crippen LogP contribution is -2.46. The molecule has 4 atom stereocenters. The molecular weight excluding hydrogens is 407 g/mol. The summed E-state index contributed by atoms with van der Waals surface area (Å²) in [6.07, 6.45) is 4.06. The molecule has 5 rings (SSSR count). The zero-order valence-corrected chi connectivity index (χ0v) is 18.3. The number of Topliss-reactive ketones (excluding diaryl/α,β-unsaturated/α-hetero) is 1. The maximum atomic E-state index is 13.2. The highest BCUT2D eigenvalue weighted by molar-refractivity contribution is 6.41. The first-order valence-corrected chi connectivity index (χ1v) is 11.1. The Balaban J connectivity index is 1.54. The molecule has 0 saturated heterocycles. The number of aliphatic imine (C=N–C) groups is 2. The monoisotopic (exact) mass is 434 g/mol. The Kier molecular flexibility index (Phi) is 4.78. The third-order valence-electron chi connectivity index (χ3n) is 7.47. The van der Waals surface area contributed by atoms with Gasteiger partial charge in [-0.3, -0.25) is 14.8 Å². The summed E-state index contributed by atoms with van der Waals surface area (Å²) in [6.45, 7) is 3.97. The molecular formula is C25H27FN4O2. The highest BCUT2D eigenvalue weighted by Crippen LogP contribution is 2.62. The van der Waals surface area contributed by atoms with Crippen LogP contribution in [0.5, 0.6) is 0 Å². The van der Waals surface area contributed by atoms with Gasteiger partial charge < -0.3 is 10.8 Å². The molecule has 1 saturated carbocycles. The molecule has 1 fully saturated rings. The van der Waals surface area contributed by atoms with Crippen LogP contribution in [0.15, 0.2) is 46.5 Å². The Morgan fingerprint density at radius 2 is 2.09 bits per heavy atom. The van der Waals surface area contributed by atoms with Gasteiger partial charge in [0.05, 0.1) is 18.0 Å². The van der Waals surface area contributed by atoms with Crippen molar-refractivity contribution in [3.63, 3.8) is 0 Å². The van der Waals surface area contributed by atoms with Crippen LogP contribution in [-0.2, 0) is 18.5 Å². The third-order valence-corrected chi connectivity index (χ3v) is 7.47. The van der Waals surface area contributed by atoms with Gasteiger partial charge in [0.15, 0.2) is 11.4 Å². The molecule has 32 heavy (non-hydrogen) atoms. The molecule has 2 heterocycles. The quantitative estimate of drug-likeness (QED) is 0.724. The fraction of sp³-hybridized carbons (Fsp3) is 0.440. The Labute approximate surface area is 186 Å². The van der Waals surface area contributed by atoms with Crippen LogP contribution in [0.2, 0.25) is 0 Å². The molecule has 3 aliphatic rings. The van der Waals surface area contributed by atoms with E-state index in [2.05, 4.69) is 18.0 Å².